The van der Waals surface area contributed by atoms with Crippen molar-refractivity contribution in [3.05, 3.63) is 21.9 Å². The summed E-state index contributed by atoms with van der Waals surface area (Å²) in [5, 5.41) is 5.79. The van der Waals surface area contributed by atoms with Crippen LogP contribution in [-0.4, -0.2) is 24.0 Å². The fourth-order valence-electron chi connectivity index (χ4n) is 0.909. The van der Waals surface area contributed by atoms with Crippen LogP contribution in [0.25, 0.3) is 0 Å². The van der Waals surface area contributed by atoms with E-state index in [0.29, 0.717) is 13.1 Å². The Morgan fingerprint density at radius 2 is 2.29 bits per heavy atom. The largest absolute Gasteiger partial charge is 0.368 e. The van der Waals surface area contributed by atoms with Crippen molar-refractivity contribution in [2.75, 3.05) is 18.4 Å². The van der Waals surface area contributed by atoms with Crippen LogP contribution in [0.15, 0.2) is 18.3 Å². The van der Waals surface area contributed by atoms with Gasteiger partial charge in [-0.05, 0) is 34.7 Å². The van der Waals surface area contributed by atoms with Gasteiger partial charge in [-0.25, -0.2) is 4.98 Å². The van der Waals surface area contributed by atoms with Gasteiger partial charge in [0.1, 0.15) is 5.82 Å². The van der Waals surface area contributed by atoms with Gasteiger partial charge in [-0.2, -0.15) is 0 Å². The summed E-state index contributed by atoms with van der Waals surface area (Å²) in [5.41, 5.74) is 0. The summed E-state index contributed by atoms with van der Waals surface area (Å²) in [6.45, 7) is 2.80. The molecular formula is C9H12IN3O. The molecular weight excluding hydrogens is 293 g/mol. The van der Waals surface area contributed by atoms with Crippen molar-refractivity contribution in [2.24, 2.45) is 0 Å². The number of amides is 1. The molecule has 1 heterocycles. The minimum Gasteiger partial charge on any atom is -0.368 e. The number of rotatable bonds is 4. The van der Waals surface area contributed by atoms with Gasteiger partial charge in [0.25, 0.3) is 0 Å². The van der Waals surface area contributed by atoms with Gasteiger partial charge >= 0.3 is 0 Å². The summed E-state index contributed by atoms with van der Waals surface area (Å²) in [4.78, 5) is 14.7. The maximum absolute atomic E-state index is 10.5. The Labute approximate surface area is 96.6 Å². The van der Waals surface area contributed by atoms with Crippen LogP contribution in [0.3, 0.4) is 0 Å². The Hall–Kier alpha value is -0.850. The molecule has 0 aliphatic heterocycles. The first-order chi connectivity index (χ1) is 6.68. The average molecular weight is 305 g/mol. The second-order valence-electron chi connectivity index (χ2n) is 2.77. The number of hydrogen-bond donors (Lipinski definition) is 2. The molecule has 0 saturated carbocycles. The molecule has 0 fully saturated rings. The van der Waals surface area contributed by atoms with Crippen LogP contribution in [0, 0.1) is 3.57 Å². The maximum atomic E-state index is 10.5. The van der Waals surface area contributed by atoms with Gasteiger partial charge < -0.3 is 10.6 Å². The Morgan fingerprint density at radius 1 is 1.50 bits per heavy atom. The highest BCUT2D eigenvalue weighted by atomic mass is 127. The number of nitrogens with zero attached hydrogens (tertiary/aromatic N) is 1. The third kappa shape index (κ3) is 4.40. The standard InChI is InChI=1S/C9H12IN3O/c1-7(14)11-4-5-12-9-3-2-8(10)6-13-9/h2-3,6H,4-5H2,1H3,(H,11,14)(H,12,13). The van der Waals surface area contributed by atoms with Crippen LogP contribution < -0.4 is 10.6 Å². The van der Waals surface area contributed by atoms with Crippen molar-refractivity contribution in [3.63, 3.8) is 0 Å². The van der Waals surface area contributed by atoms with Crippen molar-refractivity contribution < 1.29 is 4.79 Å². The van der Waals surface area contributed by atoms with Gasteiger partial charge in [-0.1, -0.05) is 0 Å². The Bertz CT molecular complexity index is 299. The zero-order valence-corrected chi connectivity index (χ0v) is 10.0. The van der Waals surface area contributed by atoms with Crippen LogP contribution in [0.1, 0.15) is 6.92 Å². The fraction of sp³-hybridized carbons (Fsp3) is 0.333. The summed E-state index contributed by atoms with van der Waals surface area (Å²) in [6, 6.07) is 3.89. The van der Waals surface area contributed by atoms with E-state index in [2.05, 4.69) is 38.2 Å². The van der Waals surface area contributed by atoms with Crippen LogP contribution in [0.5, 0.6) is 0 Å². The molecule has 14 heavy (non-hydrogen) atoms. The number of halogens is 1. The first-order valence-corrected chi connectivity index (χ1v) is 5.36. The molecule has 0 aromatic carbocycles. The second-order valence-corrected chi connectivity index (χ2v) is 4.02. The summed E-state index contributed by atoms with van der Waals surface area (Å²) in [7, 11) is 0. The fourth-order valence-corrected chi connectivity index (χ4v) is 1.23. The molecule has 2 N–H and O–H groups in total. The highest BCUT2D eigenvalue weighted by Gasteiger charge is 1.93. The molecule has 0 atom stereocenters. The van der Waals surface area contributed by atoms with Crippen molar-refractivity contribution in [1.29, 1.82) is 0 Å². The van der Waals surface area contributed by atoms with E-state index in [0.717, 1.165) is 9.39 Å². The van der Waals surface area contributed by atoms with Gasteiger partial charge in [0.05, 0.1) is 0 Å². The minimum atomic E-state index is -0.0117. The zero-order valence-electron chi connectivity index (χ0n) is 7.88. The Balaban J connectivity index is 2.25. The van der Waals surface area contributed by atoms with Gasteiger partial charge in [0.15, 0.2) is 0 Å². The molecule has 1 amide bonds. The highest BCUT2D eigenvalue weighted by molar-refractivity contribution is 14.1. The lowest BCUT2D eigenvalue weighted by molar-refractivity contribution is -0.118. The van der Waals surface area contributed by atoms with E-state index in [4.69, 9.17) is 0 Å². The quantitative estimate of drug-likeness (QED) is 0.650. The molecule has 1 rings (SSSR count). The predicted octanol–water partition coefficient (Wildman–Crippen LogP) is 1.23. The number of anilines is 1. The molecule has 5 heteroatoms. The Morgan fingerprint density at radius 3 is 2.86 bits per heavy atom. The third-order valence-corrected chi connectivity index (χ3v) is 2.17. The smallest absolute Gasteiger partial charge is 0.216 e. The van der Waals surface area contributed by atoms with Crippen LogP contribution in [0.2, 0.25) is 0 Å². The Kier molecular flexibility index (Phi) is 4.64. The van der Waals surface area contributed by atoms with Gasteiger partial charge in [-0.3, -0.25) is 4.79 Å². The summed E-state index contributed by atoms with van der Waals surface area (Å²) in [5.74, 6) is 0.818. The van der Waals surface area contributed by atoms with Crippen molar-refractivity contribution in [1.82, 2.24) is 10.3 Å². The number of nitrogens with one attached hydrogen (secondary N) is 2. The first kappa shape index (κ1) is 11.2. The maximum Gasteiger partial charge on any atom is 0.216 e. The molecule has 0 unspecified atom stereocenters. The van der Waals surface area contributed by atoms with E-state index in [1.165, 1.54) is 6.92 Å². The SMILES string of the molecule is CC(=O)NCCNc1ccc(I)cn1. The number of carbonyl (C=O) groups is 1. The third-order valence-electron chi connectivity index (χ3n) is 1.53. The van der Waals surface area contributed by atoms with E-state index in [-0.39, 0.29) is 5.91 Å². The molecule has 0 saturated heterocycles. The predicted molar refractivity (Wildman–Crippen MR) is 64.1 cm³/mol. The molecule has 0 aliphatic rings. The van der Waals surface area contributed by atoms with Crippen LogP contribution in [0.4, 0.5) is 5.82 Å². The highest BCUT2D eigenvalue weighted by Crippen LogP contribution is 2.06. The zero-order chi connectivity index (χ0) is 10.4. The number of carbonyl (C=O) groups excluding carboxylic acids is 1. The van der Waals surface area contributed by atoms with E-state index >= 15 is 0 Å². The number of hydrogen-bond acceptors (Lipinski definition) is 3. The molecule has 1 aromatic heterocycles. The first-order valence-electron chi connectivity index (χ1n) is 4.28. The molecule has 0 bridgehead atoms. The normalized spacial score (nSPS) is 9.57. The molecule has 76 valence electrons. The molecule has 0 aliphatic carbocycles. The number of aromatic nitrogens is 1. The average Bonchev–Trinajstić information content (AvgIpc) is 2.15. The van der Waals surface area contributed by atoms with Crippen molar-refractivity contribution >= 4 is 34.3 Å². The summed E-state index contributed by atoms with van der Waals surface area (Å²) >= 11 is 2.20. The van der Waals surface area contributed by atoms with E-state index in [9.17, 15) is 4.79 Å². The number of pyridine rings is 1. The molecule has 1 aromatic rings. The van der Waals surface area contributed by atoms with Gasteiger partial charge in [-0.15, -0.1) is 0 Å². The van der Waals surface area contributed by atoms with Gasteiger partial charge in [0.2, 0.25) is 5.91 Å². The monoisotopic (exact) mass is 305 g/mol. The van der Waals surface area contributed by atoms with E-state index in [1.807, 2.05) is 12.1 Å². The molecule has 0 radical (unpaired) electrons. The van der Waals surface area contributed by atoms with Gasteiger partial charge in [0, 0.05) is 29.8 Å². The lowest BCUT2D eigenvalue weighted by Crippen LogP contribution is -2.26. The topological polar surface area (TPSA) is 54.0 Å². The van der Waals surface area contributed by atoms with Crippen molar-refractivity contribution in [3.8, 4) is 0 Å². The van der Waals surface area contributed by atoms with E-state index < -0.39 is 0 Å². The summed E-state index contributed by atoms with van der Waals surface area (Å²) in [6.07, 6.45) is 1.79. The van der Waals surface area contributed by atoms with Crippen LogP contribution in [-0.2, 0) is 4.79 Å². The second kappa shape index (κ2) is 5.79. The summed E-state index contributed by atoms with van der Waals surface area (Å²) < 4.78 is 1.11. The molecule has 4 nitrogen and oxygen atoms in total. The van der Waals surface area contributed by atoms with E-state index in [1.54, 1.807) is 6.20 Å². The lowest BCUT2D eigenvalue weighted by Gasteiger charge is -2.05. The van der Waals surface area contributed by atoms with Crippen molar-refractivity contribution in [2.45, 2.75) is 6.92 Å². The van der Waals surface area contributed by atoms with Crippen LogP contribution >= 0.6 is 22.6 Å². The lowest BCUT2D eigenvalue weighted by atomic mass is 10.4. The molecule has 0 spiro atoms. The minimum absolute atomic E-state index is 0.0117.